The number of ether oxygens (including phenoxy) is 3. The van der Waals surface area contributed by atoms with Crippen LogP contribution in [0.4, 0.5) is 0 Å². The molecule has 0 aromatic carbocycles. The number of carbonyl (C=O) groups excluding carboxylic acids is 3. The van der Waals surface area contributed by atoms with Crippen molar-refractivity contribution in [2.75, 3.05) is 13.2 Å². The Hall–Kier alpha value is -2.89. The van der Waals surface area contributed by atoms with E-state index in [0.717, 1.165) is 128 Å². The molecule has 0 aromatic rings. The van der Waals surface area contributed by atoms with Crippen LogP contribution in [0.15, 0.2) is 60.8 Å². The highest BCUT2D eigenvalue weighted by Crippen LogP contribution is 2.13. The Labute approximate surface area is 351 Å². The molecular formula is C51H88O6. The van der Waals surface area contributed by atoms with Crippen LogP contribution in [-0.4, -0.2) is 37.2 Å². The van der Waals surface area contributed by atoms with Crippen molar-refractivity contribution >= 4 is 17.9 Å². The third kappa shape index (κ3) is 44.1. The van der Waals surface area contributed by atoms with Crippen molar-refractivity contribution in [1.29, 1.82) is 0 Å². The molecule has 0 aliphatic carbocycles. The van der Waals surface area contributed by atoms with Gasteiger partial charge in [0, 0.05) is 19.3 Å². The average Bonchev–Trinajstić information content (AvgIpc) is 3.21. The van der Waals surface area contributed by atoms with Gasteiger partial charge < -0.3 is 14.2 Å². The molecule has 0 aromatic heterocycles. The Morgan fingerprint density at radius 3 is 1.05 bits per heavy atom. The van der Waals surface area contributed by atoms with Gasteiger partial charge in [0.2, 0.25) is 0 Å². The molecule has 0 aliphatic rings. The third-order valence-electron chi connectivity index (χ3n) is 9.93. The molecule has 0 spiro atoms. The van der Waals surface area contributed by atoms with Gasteiger partial charge in [-0.2, -0.15) is 0 Å². The molecule has 1 unspecified atom stereocenters. The lowest BCUT2D eigenvalue weighted by Gasteiger charge is -2.18. The highest BCUT2D eigenvalue weighted by molar-refractivity contribution is 5.71. The second-order valence-corrected chi connectivity index (χ2v) is 15.7. The summed E-state index contributed by atoms with van der Waals surface area (Å²) in [5.41, 5.74) is 0. The number of unbranched alkanes of at least 4 members (excludes halogenated alkanes) is 21. The molecule has 1 atom stereocenters. The summed E-state index contributed by atoms with van der Waals surface area (Å²) in [6.45, 7) is 6.45. The van der Waals surface area contributed by atoms with Gasteiger partial charge in [0.1, 0.15) is 13.2 Å². The largest absolute Gasteiger partial charge is 0.462 e. The van der Waals surface area contributed by atoms with Crippen molar-refractivity contribution in [3.8, 4) is 0 Å². The van der Waals surface area contributed by atoms with E-state index in [2.05, 4.69) is 81.5 Å². The van der Waals surface area contributed by atoms with Crippen molar-refractivity contribution in [3.05, 3.63) is 60.8 Å². The van der Waals surface area contributed by atoms with E-state index in [9.17, 15) is 14.4 Å². The maximum atomic E-state index is 12.7. The summed E-state index contributed by atoms with van der Waals surface area (Å²) in [4.78, 5) is 37.8. The van der Waals surface area contributed by atoms with Gasteiger partial charge in [-0.15, -0.1) is 0 Å². The quantitative estimate of drug-likeness (QED) is 0.0265. The molecule has 0 aliphatic heterocycles. The maximum absolute atomic E-state index is 12.7. The molecule has 0 N–H and O–H groups in total. The summed E-state index contributed by atoms with van der Waals surface area (Å²) in [7, 11) is 0. The summed E-state index contributed by atoms with van der Waals surface area (Å²) in [6, 6.07) is 0. The van der Waals surface area contributed by atoms with Crippen LogP contribution in [0.25, 0.3) is 0 Å². The van der Waals surface area contributed by atoms with Gasteiger partial charge in [-0.1, -0.05) is 171 Å². The van der Waals surface area contributed by atoms with Gasteiger partial charge in [0.05, 0.1) is 0 Å². The lowest BCUT2D eigenvalue weighted by atomic mass is 10.1. The highest BCUT2D eigenvalue weighted by atomic mass is 16.6. The lowest BCUT2D eigenvalue weighted by molar-refractivity contribution is -0.167. The molecule has 0 saturated carbocycles. The Balaban J connectivity index is 4.44. The topological polar surface area (TPSA) is 78.9 Å². The van der Waals surface area contributed by atoms with Crippen LogP contribution in [0.5, 0.6) is 0 Å². The summed E-state index contributed by atoms with van der Waals surface area (Å²) >= 11 is 0. The third-order valence-corrected chi connectivity index (χ3v) is 9.93. The van der Waals surface area contributed by atoms with Crippen LogP contribution in [-0.2, 0) is 28.6 Å². The number of esters is 3. The van der Waals surface area contributed by atoms with Gasteiger partial charge >= 0.3 is 17.9 Å². The molecule has 0 radical (unpaired) electrons. The molecule has 57 heavy (non-hydrogen) atoms. The van der Waals surface area contributed by atoms with Crippen molar-refractivity contribution in [2.45, 2.75) is 232 Å². The molecule has 328 valence electrons. The molecule has 0 amide bonds. The first-order valence-corrected chi connectivity index (χ1v) is 23.8. The van der Waals surface area contributed by atoms with Crippen LogP contribution in [0.3, 0.4) is 0 Å². The molecule has 0 bridgehead atoms. The summed E-state index contributed by atoms with van der Waals surface area (Å²) in [6.07, 6.45) is 54.8. The number of hydrogen-bond donors (Lipinski definition) is 0. The van der Waals surface area contributed by atoms with Crippen molar-refractivity contribution in [3.63, 3.8) is 0 Å². The van der Waals surface area contributed by atoms with E-state index in [-0.39, 0.29) is 31.1 Å². The molecular weight excluding hydrogens is 709 g/mol. The fraction of sp³-hybridized carbons (Fsp3) is 0.745. The van der Waals surface area contributed by atoms with E-state index in [1.54, 1.807) is 0 Å². The van der Waals surface area contributed by atoms with E-state index in [0.29, 0.717) is 19.3 Å². The summed E-state index contributed by atoms with van der Waals surface area (Å²) in [5.74, 6) is -0.928. The second-order valence-electron chi connectivity index (χ2n) is 15.7. The molecule has 0 rings (SSSR count). The number of allylic oxidation sites excluding steroid dienone is 10. The van der Waals surface area contributed by atoms with E-state index < -0.39 is 6.10 Å². The smallest absolute Gasteiger partial charge is 0.306 e. The Bertz CT molecular complexity index is 1050. The number of hydrogen-bond acceptors (Lipinski definition) is 6. The molecule has 0 saturated heterocycles. The second kappa shape index (κ2) is 45.8. The van der Waals surface area contributed by atoms with Crippen molar-refractivity contribution < 1.29 is 28.6 Å². The van der Waals surface area contributed by atoms with Crippen LogP contribution < -0.4 is 0 Å². The average molecular weight is 797 g/mol. The van der Waals surface area contributed by atoms with Gasteiger partial charge in [-0.25, -0.2) is 0 Å². The fourth-order valence-electron chi connectivity index (χ4n) is 6.33. The van der Waals surface area contributed by atoms with Crippen LogP contribution in [0, 0.1) is 0 Å². The van der Waals surface area contributed by atoms with E-state index in [1.807, 2.05) is 0 Å². The van der Waals surface area contributed by atoms with Crippen LogP contribution in [0.1, 0.15) is 226 Å². The monoisotopic (exact) mass is 797 g/mol. The van der Waals surface area contributed by atoms with E-state index in [4.69, 9.17) is 14.2 Å². The minimum Gasteiger partial charge on any atom is -0.462 e. The zero-order valence-electron chi connectivity index (χ0n) is 37.3. The fourth-order valence-corrected chi connectivity index (χ4v) is 6.33. The maximum Gasteiger partial charge on any atom is 0.306 e. The number of rotatable bonds is 42. The Kier molecular flexibility index (Phi) is 43.5. The first kappa shape index (κ1) is 54.1. The first-order valence-electron chi connectivity index (χ1n) is 23.8. The SMILES string of the molecule is CCC/C=C\C/C=C\CCCCCCCC(=O)OCC(COC(=O)CCCCCCC/C=C\CCCCCC)OC(=O)CCCCCCC/C=C\C/C=C\CCC. The number of carbonyl (C=O) groups is 3. The lowest BCUT2D eigenvalue weighted by Crippen LogP contribution is -2.30. The minimum atomic E-state index is -0.788. The molecule has 0 fully saturated rings. The van der Waals surface area contributed by atoms with Gasteiger partial charge in [-0.05, 0) is 96.3 Å². The predicted molar refractivity (Wildman–Crippen MR) is 242 cm³/mol. The minimum absolute atomic E-state index is 0.0893. The summed E-state index contributed by atoms with van der Waals surface area (Å²) in [5, 5.41) is 0. The predicted octanol–water partition coefficient (Wildman–Crippen LogP) is 15.3. The van der Waals surface area contributed by atoms with Crippen LogP contribution in [0.2, 0.25) is 0 Å². The first-order chi connectivity index (χ1) is 28.0. The normalized spacial score (nSPS) is 12.5. The molecule has 6 heteroatoms. The van der Waals surface area contributed by atoms with Crippen molar-refractivity contribution in [2.24, 2.45) is 0 Å². The Morgan fingerprint density at radius 2 is 0.667 bits per heavy atom. The highest BCUT2D eigenvalue weighted by Gasteiger charge is 2.19. The zero-order chi connectivity index (χ0) is 41.5. The zero-order valence-corrected chi connectivity index (χ0v) is 37.3. The molecule has 0 heterocycles. The van der Waals surface area contributed by atoms with Gasteiger partial charge in [0.25, 0.3) is 0 Å². The summed E-state index contributed by atoms with van der Waals surface area (Å²) < 4.78 is 16.7. The van der Waals surface area contributed by atoms with Gasteiger partial charge in [-0.3, -0.25) is 14.4 Å². The Morgan fingerprint density at radius 1 is 0.351 bits per heavy atom. The van der Waals surface area contributed by atoms with Gasteiger partial charge in [0.15, 0.2) is 6.10 Å². The van der Waals surface area contributed by atoms with Crippen LogP contribution >= 0.6 is 0 Å². The molecule has 6 nitrogen and oxygen atoms in total. The van der Waals surface area contributed by atoms with E-state index >= 15 is 0 Å². The van der Waals surface area contributed by atoms with E-state index in [1.165, 1.54) is 57.8 Å². The van der Waals surface area contributed by atoms with Crippen molar-refractivity contribution in [1.82, 2.24) is 0 Å². The standard InChI is InChI=1S/C51H88O6/c1-4-7-10-13-16-19-22-25-28-31-34-37-40-43-49(52)55-46-48(57-51(54)45-42-39-36-33-30-27-24-21-18-15-12-9-6-3)47-56-50(53)44-41-38-35-32-29-26-23-20-17-14-11-8-5-2/h10,12-13,15,19-24,48H,4-9,11,14,16-18,25-47H2,1-3H3/b13-10-,15-12-,22-19-,23-20-,24-21-.